The van der Waals surface area contributed by atoms with Crippen molar-refractivity contribution < 1.29 is 4.74 Å². The molecule has 0 heterocycles. The number of nitrogens with two attached hydrogens (primary N) is 1. The minimum absolute atomic E-state index is 0.582. The van der Waals surface area contributed by atoms with Crippen LogP contribution in [0, 0.1) is 5.92 Å². The Kier molecular flexibility index (Phi) is 4.95. The molecule has 15 heavy (non-hydrogen) atoms. The van der Waals surface area contributed by atoms with Gasteiger partial charge in [0, 0.05) is 4.47 Å². The average molecular weight is 272 g/mol. The molecule has 0 aliphatic heterocycles. The van der Waals surface area contributed by atoms with Crippen molar-refractivity contribution in [3.05, 3.63) is 22.7 Å². The van der Waals surface area contributed by atoms with Crippen molar-refractivity contribution >= 4 is 21.6 Å². The van der Waals surface area contributed by atoms with Gasteiger partial charge in [-0.05, 0) is 30.5 Å². The normalized spacial score (nSPS) is 12.5. The molecule has 1 aromatic rings. The van der Waals surface area contributed by atoms with Gasteiger partial charge >= 0.3 is 0 Å². The lowest BCUT2D eigenvalue weighted by Gasteiger charge is -2.13. The van der Waals surface area contributed by atoms with Crippen molar-refractivity contribution in [2.75, 3.05) is 12.3 Å². The first-order chi connectivity index (χ1) is 7.13. The standard InChI is InChI=1S/C12H18BrNO/c1-3-4-9(2)8-15-12-6-5-10(13)7-11(12)14/h5-7,9H,3-4,8,14H2,1-2H3/t9-/m0/s1. The molecule has 84 valence electrons. The first-order valence-corrected chi connectivity index (χ1v) is 6.10. The van der Waals surface area contributed by atoms with E-state index in [-0.39, 0.29) is 0 Å². The maximum absolute atomic E-state index is 5.83. The highest BCUT2D eigenvalue weighted by atomic mass is 79.9. The average Bonchev–Trinajstić information content (AvgIpc) is 2.17. The van der Waals surface area contributed by atoms with E-state index in [1.807, 2.05) is 18.2 Å². The Hall–Kier alpha value is -0.700. The smallest absolute Gasteiger partial charge is 0.142 e. The van der Waals surface area contributed by atoms with E-state index in [0.717, 1.165) is 16.8 Å². The number of rotatable bonds is 5. The largest absolute Gasteiger partial charge is 0.491 e. The first kappa shape index (κ1) is 12.4. The van der Waals surface area contributed by atoms with E-state index in [2.05, 4.69) is 29.8 Å². The molecular formula is C12H18BrNO. The zero-order valence-electron chi connectivity index (χ0n) is 9.29. The van der Waals surface area contributed by atoms with Gasteiger partial charge in [-0.25, -0.2) is 0 Å². The van der Waals surface area contributed by atoms with Crippen LogP contribution in [0.3, 0.4) is 0 Å². The molecule has 1 atom stereocenters. The van der Waals surface area contributed by atoms with Crippen LogP contribution in [0.4, 0.5) is 5.69 Å². The van der Waals surface area contributed by atoms with E-state index in [4.69, 9.17) is 10.5 Å². The molecule has 0 saturated heterocycles. The van der Waals surface area contributed by atoms with Crippen molar-refractivity contribution in [2.24, 2.45) is 5.92 Å². The van der Waals surface area contributed by atoms with E-state index in [9.17, 15) is 0 Å². The third kappa shape index (κ3) is 4.12. The molecule has 2 N–H and O–H groups in total. The lowest BCUT2D eigenvalue weighted by molar-refractivity contribution is 0.253. The molecule has 3 heteroatoms. The second-order valence-electron chi connectivity index (χ2n) is 3.89. The fraction of sp³-hybridized carbons (Fsp3) is 0.500. The Labute approximate surface area is 99.9 Å². The molecule has 0 saturated carbocycles. The predicted molar refractivity (Wildman–Crippen MR) is 68.1 cm³/mol. The molecule has 0 aliphatic rings. The molecule has 0 spiro atoms. The second-order valence-corrected chi connectivity index (χ2v) is 4.80. The third-order valence-electron chi connectivity index (χ3n) is 2.28. The van der Waals surface area contributed by atoms with Gasteiger partial charge in [-0.1, -0.05) is 36.2 Å². The van der Waals surface area contributed by atoms with Gasteiger partial charge in [-0.3, -0.25) is 0 Å². The van der Waals surface area contributed by atoms with Crippen molar-refractivity contribution in [3.8, 4) is 5.75 Å². The molecule has 0 aliphatic carbocycles. The summed E-state index contributed by atoms with van der Waals surface area (Å²) in [4.78, 5) is 0. The summed E-state index contributed by atoms with van der Waals surface area (Å²) in [6, 6.07) is 5.70. The quantitative estimate of drug-likeness (QED) is 0.826. The summed E-state index contributed by atoms with van der Waals surface area (Å²) in [7, 11) is 0. The molecule has 0 amide bonds. The summed E-state index contributed by atoms with van der Waals surface area (Å²) in [5, 5.41) is 0. The summed E-state index contributed by atoms with van der Waals surface area (Å²) in [5.74, 6) is 1.36. The van der Waals surface area contributed by atoms with Crippen LogP contribution in [-0.2, 0) is 0 Å². The molecule has 0 aromatic heterocycles. The summed E-state index contributed by atoms with van der Waals surface area (Å²) in [6.07, 6.45) is 2.39. The summed E-state index contributed by atoms with van der Waals surface area (Å²) in [5.41, 5.74) is 6.51. The maximum atomic E-state index is 5.83. The van der Waals surface area contributed by atoms with Gasteiger partial charge in [-0.15, -0.1) is 0 Å². The highest BCUT2D eigenvalue weighted by Gasteiger charge is 2.04. The molecule has 2 nitrogen and oxygen atoms in total. The van der Waals surface area contributed by atoms with Gasteiger partial charge in [0.2, 0.25) is 0 Å². The molecule has 1 aromatic carbocycles. The van der Waals surface area contributed by atoms with Gasteiger partial charge in [-0.2, -0.15) is 0 Å². The summed E-state index contributed by atoms with van der Waals surface area (Å²) in [6.45, 7) is 5.11. The number of hydrogen-bond donors (Lipinski definition) is 1. The maximum Gasteiger partial charge on any atom is 0.142 e. The molecule has 0 radical (unpaired) electrons. The highest BCUT2D eigenvalue weighted by molar-refractivity contribution is 9.10. The zero-order valence-corrected chi connectivity index (χ0v) is 10.9. The third-order valence-corrected chi connectivity index (χ3v) is 2.77. The zero-order chi connectivity index (χ0) is 11.3. The number of halogens is 1. The Morgan fingerprint density at radius 1 is 1.47 bits per heavy atom. The Balaban J connectivity index is 2.50. The number of ether oxygens (including phenoxy) is 1. The van der Waals surface area contributed by atoms with E-state index >= 15 is 0 Å². The van der Waals surface area contributed by atoms with Crippen LogP contribution in [0.5, 0.6) is 5.75 Å². The van der Waals surface area contributed by atoms with Crippen LogP contribution in [0.1, 0.15) is 26.7 Å². The lowest BCUT2D eigenvalue weighted by Crippen LogP contribution is -2.09. The number of nitrogen functional groups attached to an aromatic ring is 1. The molecular weight excluding hydrogens is 254 g/mol. The van der Waals surface area contributed by atoms with Crippen LogP contribution in [0.15, 0.2) is 22.7 Å². The van der Waals surface area contributed by atoms with Crippen molar-refractivity contribution in [1.82, 2.24) is 0 Å². The fourth-order valence-electron chi connectivity index (χ4n) is 1.46. The summed E-state index contributed by atoms with van der Waals surface area (Å²) >= 11 is 3.37. The van der Waals surface area contributed by atoms with E-state index < -0.39 is 0 Å². The fourth-order valence-corrected chi connectivity index (χ4v) is 1.84. The highest BCUT2D eigenvalue weighted by Crippen LogP contribution is 2.25. The Morgan fingerprint density at radius 3 is 2.80 bits per heavy atom. The summed E-state index contributed by atoms with van der Waals surface area (Å²) < 4.78 is 6.64. The SMILES string of the molecule is CCC[C@H](C)COc1ccc(Br)cc1N. The second kappa shape index (κ2) is 6.01. The van der Waals surface area contributed by atoms with Gasteiger partial charge < -0.3 is 10.5 Å². The number of anilines is 1. The Morgan fingerprint density at radius 2 is 2.20 bits per heavy atom. The van der Waals surface area contributed by atoms with Crippen LogP contribution >= 0.6 is 15.9 Å². The van der Waals surface area contributed by atoms with Gasteiger partial charge in [0.05, 0.1) is 12.3 Å². The van der Waals surface area contributed by atoms with Crippen molar-refractivity contribution in [1.29, 1.82) is 0 Å². The monoisotopic (exact) mass is 271 g/mol. The number of hydrogen-bond acceptors (Lipinski definition) is 2. The van der Waals surface area contributed by atoms with Crippen LogP contribution < -0.4 is 10.5 Å². The predicted octanol–water partition coefficient (Wildman–Crippen LogP) is 3.85. The molecule has 0 unspecified atom stereocenters. The minimum Gasteiger partial charge on any atom is -0.491 e. The number of benzene rings is 1. The minimum atomic E-state index is 0.582. The van der Waals surface area contributed by atoms with Gasteiger partial charge in [0.25, 0.3) is 0 Å². The van der Waals surface area contributed by atoms with E-state index in [1.165, 1.54) is 12.8 Å². The van der Waals surface area contributed by atoms with Gasteiger partial charge in [0.1, 0.15) is 5.75 Å². The lowest BCUT2D eigenvalue weighted by atomic mass is 10.1. The van der Waals surface area contributed by atoms with Crippen LogP contribution in [0.2, 0.25) is 0 Å². The van der Waals surface area contributed by atoms with E-state index in [1.54, 1.807) is 0 Å². The Bertz CT molecular complexity index is 314. The topological polar surface area (TPSA) is 35.2 Å². The van der Waals surface area contributed by atoms with Crippen molar-refractivity contribution in [3.63, 3.8) is 0 Å². The van der Waals surface area contributed by atoms with Crippen LogP contribution in [0.25, 0.3) is 0 Å². The first-order valence-electron chi connectivity index (χ1n) is 5.31. The molecule has 0 fully saturated rings. The van der Waals surface area contributed by atoms with Gasteiger partial charge in [0.15, 0.2) is 0 Å². The molecule has 1 rings (SSSR count). The van der Waals surface area contributed by atoms with E-state index in [0.29, 0.717) is 11.6 Å². The molecule has 0 bridgehead atoms. The van der Waals surface area contributed by atoms with Crippen LogP contribution in [-0.4, -0.2) is 6.61 Å². The van der Waals surface area contributed by atoms with Crippen molar-refractivity contribution in [2.45, 2.75) is 26.7 Å².